The molecular weight excluding hydrogens is 483 g/mol. The van der Waals surface area contributed by atoms with Gasteiger partial charge in [0.1, 0.15) is 17.6 Å². The Morgan fingerprint density at radius 3 is 3.00 bits per heavy atom. The van der Waals surface area contributed by atoms with Crippen molar-refractivity contribution in [1.29, 1.82) is 0 Å². The molecule has 4 rings (SSSR count). The third-order valence-electron chi connectivity index (χ3n) is 6.10. The summed E-state index contributed by atoms with van der Waals surface area (Å²) in [6.45, 7) is 5.28. The number of halogens is 1. The first-order chi connectivity index (χ1) is 13.5. The maximum absolute atomic E-state index is 11.8. The van der Waals surface area contributed by atoms with E-state index in [1.165, 1.54) is 5.56 Å². The third kappa shape index (κ3) is 4.57. The number of benzene rings is 1. The third-order valence-corrected chi connectivity index (χ3v) is 6.10. The molecular formula is C21H31IN4O3. The predicted molar refractivity (Wildman–Crippen MR) is 123 cm³/mol. The molecule has 1 aromatic rings. The SMILES string of the molecule is CN=C(NCc1cc2c(cc1OC)CC(C)O2)N1CCCC2(CNC(=O)C2)C1.I. The summed E-state index contributed by atoms with van der Waals surface area (Å²) in [5.74, 6) is 2.87. The zero-order valence-electron chi connectivity index (χ0n) is 17.4. The maximum atomic E-state index is 11.8. The molecule has 0 saturated carbocycles. The number of amides is 1. The minimum absolute atomic E-state index is 0. The van der Waals surface area contributed by atoms with Crippen molar-refractivity contribution >= 4 is 35.8 Å². The average Bonchev–Trinajstić information content (AvgIpc) is 3.22. The van der Waals surface area contributed by atoms with Gasteiger partial charge in [0.15, 0.2) is 5.96 Å². The molecule has 2 fully saturated rings. The highest BCUT2D eigenvalue weighted by Crippen LogP contribution is 2.37. The van der Waals surface area contributed by atoms with Crippen LogP contribution in [0.2, 0.25) is 0 Å². The van der Waals surface area contributed by atoms with Crippen LogP contribution in [0.25, 0.3) is 0 Å². The van der Waals surface area contributed by atoms with Gasteiger partial charge in [0.2, 0.25) is 5.91 Å². The van der Waals surface area contributed by atoms with Gasteiger partial charge in [0, 0.05) is 62.6 Å². The highest BCUT2D eigenvalue weighted by molar-refractivity contribution is 14.0. The summed E-state index contributed by atoms with van der Waals surface area (Å²) in [7, 11) is 3.52. The molecule has 1 spiro atoms. The Hall–Kier alpha value is -1.71. The van der Waals surface area contributed by atoms with Crippen LogP contribution in [0.1, 0.15) is 37.3 Å². The number of methoxy groups -OCH3 is 1. The number of hydrogen-bond acceptors (Lipinski definition) is 4. The number of likely N-dealkylation sites (tertiary alicyclic amines) is 1. The van der Waals surface area contributed by atoms with Crippen molar-refractivity contribution in [1.82, 2.24) is 15.5 Å². The second-order valence-electron chi connectivity index (χ2n) is 8.28. The Bertz CT molecular complexity index is 800. The van der Waals surface area contributed by atoms with E-state index in [0.717, 1.165) is 61.9 Å². The van der Waals surface area contributed by atoms with Gasteiger partial charge in [0.05, 0.1) is 7.11 Å². The molecule has 8 heteroatoms. The number of fused-ring (bicyclic) bond motifs is 1. The normalized spacial score (nSPS) is 25.9. The van der Waals surface area contributed by atoms with Gasteiger partial charge in [-0.3, -0.25) is 9.79 Å². The molecule has 0 radical (unpaired) electrons. The van der Waals surface area contributed by atoms with Crippen molar-refractivity contribution in [3.63, 3.8) is 0 Å². The molecule has 160 valence electrons. The van der Waals surface area contributed by atoms with E-state index in [0.29, 0.717) is 13.0 Å². The molecule has 3 aliphatic heterocycles. The van der Waals surface area contributed by atoms with Crippen LogP contribution >= 0.6 is 24.0 Å². The van der Waals surface area contributed by atoms with Crippen molar-refractivity contribution in [2.75, 3.05) is 33.8 Å². The van der Waals surface area contributed by atoms with Gasteiger partial charge < -0.3 is 25.0 Å². The lowest BCUT2D eigenvalue weighted by Gasteiger charge is -2.40. The monoisotopic (exact) mass is 514 g/mol. The Morgan fingerprint density at radius 2 is 2.31 bits per heavy atom. The summed E-state index contributed by atoms with van der Waals surface area (Å²) in [5, 5.41) is 6.49. The van der Waals surface area contributed by atoms with Crippen LogP contribution in [0.3, 0.4) is 0 Å². The fraction of sp³-hybridized carbons (Fsp3) is 0.619. The molecule has 7 nitrogen and oxygen atoms in total. The predicted octanol–water partition coefficient (Wildman–Crippen LogP) is 2.31. The fourth-order valence-corrected chi connectivity index (χ4v) is 4.75. The van der Waals surface area contributed by atoms with Crippen molar-refractivity contribution in [3.8, 4) is 11.5 Å². The fourth-order valence-electron chi connectivity index (χ4n) is 4.75. The van der Waals surface area contributed by atoms with E-state index >= 15 is 0 Å². The number of carbonyl (C=O) groups is 1. The lowest BCUT2D eigenvalue weighted by atomic mass is 9.79. The van der Waals surface area contributed by atoms with E-state index in [1.807, 2.05) is 7.05 Å². The summed E-state index contributed by atoms with van der Waals surface area (Å²) >= 11 is 0. The number of piperidine rings is 1. The summed E-state index contributed by atoms with van der Waals surface area (Å²) in [5.41, 5.74) is 2.30. The molecule has 2 N–H and O–H groups in total. The van der Waals surface area contributed by atoms with Gasteiger partial charge >= 0.3 is 0 Å². The Labute approximate surface area is 189 Å². The maximum Gasteiger partial charge on any atom is 0.220 e. The van der Waals surface area contributed by atoms with Crippen LogP contribution in [0.4, 0.5) is 0 Å². The minimum atomic E-state index is 0. The summed E-state index contributed by atoms with van der Waals surface area (Å²) < 4.78 is 11.5. The van der Waals surface area contributed by atoms with E-state index < -0.39 is 0 Å². The number of ether oxygens (including phenoxy) is 2. The van der Waals surface area contributed by atoms with Crippen molar-refractivity contribution in [2.45, 2.75) is 45.3 Å². The van der Waals surface area contributed by atoms with Crippen LogP contribution < -0.4 is 20.1 Å². The minimum Gasteiger partial charge on any atom is -0.496 e. The molecule has 1 aromatic carbocycles. The van der Waals surface area contributed by atoms with Gasteiger partial charge in [-0.15, -0.1) is 24.0 Å². The number of guanidine groups is 1. The molecule has 29 heavy (non-hydrogen) atoms. The zero-order valence-corrected chi connectivity index (χ0v) is 19.7. The summed E-state index contributed by atoms with van der Waals surface area (Å²) in [6.07, 6.45) is 3.91. The Balaban J connectivity index is 0.00000240. The molecule has 0 aromatic heterocycles. The van der Waals surface area contributed by atoms with Crippen molar-refractivity contribution in [3.05, 3.63) is 23.3 Å². The first kappa shape index (κ1) is 22.0. The lowest BCUT2D eigenvalue weighted by Crippen LogP contribution is -2.51. The van der Waals surface area contributed by atoms with Crippen LogP contribution in [-0.4, -0.2) is 56.7 Å². The molecule has 2 saturated heterocycles. The van der Waals surface area contributed by atoms with Crippen LogP contribution in [0.15, 0.2) is 17.1 Å². The van der Waals surface area contributed by atoms with Gasteiger partial charge in [-0.25, -0.2) is 0 Å². The number of hydrogen-bond donors (Lipinski definition) is 2. The number of aliphatic imine (C=N–C) groups is 1. The quantitative estimate of drug-likeness (QED) is 0.368. The molecule has 0 bridgehead atoms. The van der Waals surface area contributed by atoms with Crippen molar-refractivity contribution < 1.29 is 14.3 Å². The first-order valence-electron chi connectivity index (χ1n) is 10.1. The molecule has 2 atom stereocenters. The van der Waals surface area contributed by atoms with E-state index in [9.17, 15) is 4.79 Å². The molecule has 0 aliphatic carbocycles. The van der Waals surface area contributed by atoms with E-state index in [-0.39, 0.29) is 41.4 Å². The summed E-state index contributed by atoms with van der Waals surface area (Å²) in [6, 6.07) is 4.17. The standard InChI is InChI=1S/C21H30N4O3.HI/c1-14-7-15-8-17(27-3)16(9-18(15)28-14)11-23-20(22-2)25-6-4-5-21(13-25)10-19(26)24-12-21;/h8-9,14H,4-7,10-13H2,1-3H3,(H,22,23)(H,24,26);1H. The number of nitrogens with one attached hydrogen (secondary N) is 2. The largest absolute Gasteiger partial charge is 0.496 e. The highest BCUT2D eigenvalue weighted by atomic mass is 127. The van der Waals surface area contributed by atoms with E-state index in [2.05, 4.69) is 39.6 Å². The average molecular weight is 514 g/mol. The number of carbonyl (C=O) groups excluding carboxylic acids is 1. The molecule has 3 heterocycles. The number of rotatable bonds is 3. The Morgan fingerprint density at radius 1 is 1.48 bits per heavy atom. The first-order valence-corrected chi connectivity index (χ1v) is 10.1. The van der Waals surface area contributed by atoms with Gasteiger partial charge in [-0.05, 0) is 31.9 Å². The smallest absolute Gasteiger partial charge is 0.220 e. The number of nitrogens with zero attached hydrogens (tertiary/aromatic N) is 2. The van der Waals surface area contributed by atoms with Crippen LogP contribution in [0.5, 0.6) is 11.5 Å². The van der Waals surface area contributed by atoms with Crippen LogP contribution in [-0.2, 0) is 17.8 Å². The van der Waals surface area contributed by atoms with Gasteiger partial charge in [-0.1, -0.05) is 0 Å². The van der Waals surface area contributed by atoms with Gasteiger partial charge in [-0.2, -0.15) is 0 Å². The van der Waals surface area contributed by atoms with E-state index in [4.69, 9.17) is 9.47 Å². The lowest BCUT2D eigenvalue weighted by molar-refractivity contribution is -0.119. The van der Waals surface area contributed by atoms with Gasteiger partial charge in [0.25, 0.3) is 0 Å². The van der Waals surface area contributed by atoms with Crippen molar-refractivity contribution in [2.24, 2.45) is 10.4 Å². The summed E-state index contributed by atoms with van der Waals surface area (Å²) in [4.78, 5) is 18.5. The molecule has 2 unspecified atom stereocenters. The second kappa shape index (κ2) is 8.97. The van der Waals surface area contributed by atoms with Crippen LogP contribution in [0, 0.1) is 5.41 Å². The highest BCUT2D eigenvalue weighted by Gasteiger charge is 2.42. The topological polar surface area (TPSA) is 75.2 Å². The van der Waals surface area contributed by atoms with E-state index in [1.54, 1.807) is 7.11 Å². The Kier molecular flexibility index (Phi) is 6.80. The molecule has 3 aliphatic rings. The zero-order chi connectivity index (χ0) is 19.7. The second-order valence-corrected chi connectivity index (χ2v) is 8.28. The molecule has 1 amide bonds.